The van der Waals surface area contributed by atoms with Crippen molar-refractivity contribution in [1.29, 1.82) is 0 Å². The van der Waals surface area contributed by atoms with Crippen molar-refractivity contribution in [3.8, 4) is 0 Å². The predicted molar refractivity (Wildman–Crippen MR) is 64.7 cm³/mol. The average Bonchev–Trinajstić information content (AvgIpc) is 2.16. The largest absolute Gasteiger partial charge is 0.433 e. The molecule has 16 heavy (non-hydrogen) atoms. The first-order valence-corrected chi connectivity index (χ1v) is 5.38. The Balaban J connectivity index is 2.34. The third-order valence-electron chi connectivity index (χ3n) is 1.77. The van der Waals surface area contributed by atoms with Crippen LogP contribution in [0.25, 0.3) is 0 Å². The lowest BCUT2D eigenvalue weighted by atomic mass is 10.3. The molecule has 0 saturated carbocycles. The van der Waals surface area contributed by atoms with E-state index in [1.165, 1.54) is 0 Å². The third kappa shape index (κ3) is 5.00. The van der Waals surface area contributed by atoms with Crippen LogP contribution in [0.15, 0.2) is 24.3 Å². The quantitative estimate of drug-likeness (QED) is 0.799. The lowest BCUT2D eigenvalue weighted by Gasteiger charge is -2.10. The fourth-order valence-corrected chi connectivity index (χ4v) is 1.18. The van der Waals surface area contributed by atoms with Gasteiger partial charge in [0, 0.05) is 16.8 Å². The molecule has 0 fully saturated rings. The van der Waals surface area contributed by atoms with Crippen molar-refractivity contribution in [3.63, 3.8) is 0 Å². The standard InChI is InChI=1S/C11H15ClN2O2/c1-8(2)13-7-16-11(15)14-10-5-3-4-9(12)6-10/h3-6,8,13H,7H2,1-2H3,(H,14,15). The fraction of sp³-hybridized carbons (Fsp3) is 0.364. The van der Waals surface area contributed by atoms with Crippen molar-refractivity contribution in [1.82, 2.24) is 5.32 Å². The average molecular weight is 243 g/mol. The summed E-state index contributed by atoms with van der Waals surface area (Å²) in [6, 6.07) is 7.16. The van der Waals surface area contributed by atoms with Gasteiger partial charge in [0.15, 0.2) is 0 Å². The number of hydrogen-bond donors (Lipinski definition) is 2. The fourth-order valence-electron chi connectivity index (χ4n) is 0.994. The van der Waals surface area contributed by atoms with E-state index in [4.69, 9.17) is 16.3 Å². The van der Waals surface area contributed by atoms with E-state index in [9.17, 15) is 4.79 Å². The van der Waals surface area contributed by atoms with Crippen molar-refractivity contribution in [2.24, 2.45) is 0 Å². The van der Waals surface area contributed by atoms with Gasteiger partial charge in [-0.1, -0.05) is 17.7 Å². The number of ether oxygens (including phenoxy) is 1. The van der Waals surface area contributed by atoms with Crippen LogP contribution >= 0.6 is 11.6 Å². The van der Waals surface area contributed by atoms with Crippen molar-refractivity contribution in [3.05, 3.63) is 29.3 Å². The van der Waals surface area contributed by atoms with Crippen LogP contribution in [0.4, 0.5) is 10.5 Å². The Morgan fingerprint density at radius 3 is 2.88 bits per heavy atom. The molecule has 0 aliphatic rings. The second-order valence-corrected chi connectivity index (χ2v) is 4.01. The molecule has 88 valence electrons. The van der Waals surface area contributed by atoms with Gasteiger partial charge in [-0.3, -0.25) is 10.6 Å². The molecule has 0 bridgehead atoms. The summed E-state index contributed by atoms with van der Waals surface area (Å²) in [5.41, 5.74) is 0.613. The van der Waals surface area contributed by atoms with E-state index < -0.39 is 6.09 Å². The highest BCUT2D eigenvalue weighted by Gasteiger charge is 2.03. The second-order valence-electron chi connectivity index (χ2n) is 3.57. The molecule has 1 aromatic carbocycles. The molecule has 1 aromatic rings. The number of anilines is 1. The first-order chi connectivity index (χ1) is 7.58. The number of hydrogen-bond acceptors (Lipinski definition) is 3. The van der Waals surface area contributed by atoms with Crippen molar-refractivity contribution in [2.75, 3.05) is 12.0 Å². The lowest BCUT2D eigenvalue weighted by Crippen LogP contribution is -2.28. The molecule has 0 aromatic heterocycles. The topological polar surface area (TPSA) is 50.4 Å². The molecule has 0 radical (unpaired) electrons. The van der Waals surface area contributed by atoms with Gasteiger partial charge in [0.25, 0.3) is 0 Å². The van der Waals surface area contributed by atoms with Crippen LogP contribution in [-0.2, 0) is 4.74 Å². The molecule has 0 aliphatic heterocycles. The molecule has 0 atom stereocenters. The van der Waals surface area contributed by atoms with Crippen molar-refractivity contribution >= 4 is 23.4 Å². The van der Waals surface area contributed by atoms with Crippen LogP contribution in [0.2, 0.25) is 5.02 Å². The van der Waals surface area contributed by atoms with Gasteiger partial charge < -0.3 is 4.74 Å². The summed E-state index contributed by atoms with van der Waals surface area (Å²) >= 11 is 5.77. The molecule has 0 aliphatic carbocycles. The molecular weight excluding hydrogens is 228 g/mol. The van der Waals surface area contributed by atoms with Gasteiger partial charge in [-0.15, -0.1) is 0 Å². The molecule has 0 spiro atoms. The maximum absolute atomic E-state index is 11.3. The van der Waals surface area contributed by atoms with Gasteiger partial charge in [0.2, 0.25) is 0 Å². The van der Waals surface area contributed by atoms with Gasteiger partial charge in [0.1, 0.15) is 6.73 Å². The van der Waals surface area contributed by atoms with Crippen LogP contribution in [-0.4, -0.2) is 18.9 Å². The minimum absolute atomic E-state index is 0.185. The van der Waals surface area contributed by atoms with Crippen LogP contribution in [0.1, 0.15) is 13.8 Å². The van der Waals surface area contributed by atoms with Crippen LogP contribution in [0.3, 0.4) is 0 Å². The summed E-state index contributed by atoms with van der Waals surface area (Å²) in [6.07, 6.45) is -0.504. The molecule has 5 heteroatoms. The number of halogens is 1. The normalized spacial score (nSPS) is 10.2. The summed E-state index contributed by atoms with van der Waals surface area (Å²) in [7, 11) is 0. The van der Waals surface area contributed by atoms with Gasteiger partial charge in [-0.2, -0.15) is 0 Å². The minimum atomic E-state index is -0.504. The molecule has 0 heterocycles. The van der Waals surface area contributed by atoms with Gasteiger partial charge >= 0.3 is 6.09 Å². The van der Waals surface area contributed by atoms with Crippen LogP contribution < -0.4 is 10.6 Å². The van der Waals surface area contributed by atoms with E-state index in [1.54, 1.807) is 24.3 Å². The zero-order valence-corrected chi connectivity index (χ0v) is 10.0. The summed E-state index contributed by atoms with van der Waals surface area (Å²) in [5, 5.41) is 6.10. The van der Waals surface area contributed by atoms with Gasteiger partial charge in [0.05, 0.1) is 0 Å². The molecule has 1 rings (SSSR count). The molecule has 0 saturated heterocycles. The summed E-state index contributed by atoms with van der Waals surface area (Å²) in [6.45, 7) is 4.13. The maximum Gasteiger partial charge on any atom is 0.412 e. The lowest BCUT2D eigenvalue weighted by molar-refractivity contribution is 0.148. The molecule has 4 nitrogen and oxygen atoms in total. The first-order valence-electron chi connectivity index (χ1n) is 5.00. The minimum Gasteiger partial charge on any atom is -0.433 e. The van der Waals surface area contributed by atoms with Crippen molar-refractivity contribution in [2.45, 2.75) is 19.9 Å². The van der Waals surface area contributed by atoms with E-state index in [0.29, 0.717) is 10.7 Å². The van der Waals surface area contributed by atoms with Gasteiger partial charge in [-0.05, 0) is 32.0 Å². The Morgan fingerprint density at radius 2 is 2.25 bits per heavy atom. The molecule has 0 unspecified atom stereocenters. The summed E-state index contributed by atoms with van der Waals surface area (Å²) in [4.78, 5) is 11.3. The highest BCUT2D eigenvalue weighted by Crippen LogP contribution is 2.14. The number of benzene rings is 1. The number of rotatable bonds is 4. The SMILES string of the molecule is CC(C)NCOC(=O)Nc1cccc(Cl)c1. The maximum atomic E-state index is 11.3. The first kappa shape index (κ1) is 12.8. The highest BCUT2D eigenvalue weighted by atomic mass is 35.5. The Morgan fingerprint density at radius 1 is 1.50 bits per heavy atom. The Bertz CT molecular complexity index is 356. The molecule has 1 amide bonds. The molecular formula is C11H15ClN2O2. The smallest absolute Gasteiger partial charge is 0.412 e. The van der Waals surface area contributed by atoms with E-state index in [0.717, 1.165) is 0 Å². The summed E-state index contributed by atoms with van der Waals surface area (Å²) < 4.78 is 4.89. The number of carbonyl (C=O) groups is 1. The predicted octanol–water partition coefficient (Wildman–Crippen LogP) is 2.84. The summed E-state index contributed by atoms with van der Waals surface area (Å²) in [5.74, 6) is 0. The Labute approximate surface area is 99.9 Å². The number of amides is 1. The monoisotopic (exact) mass is 242 g/mol. The number of nitrogens with one attached hydrogen (secondary N) is 2. The Hall–Kier alpha value is -1.26. The van der Waals surface area contributed by atoms with E-state index in [2.05, 4.69) is 10.6 Å². The zero-order valence-electron chi connectivity index (χ0n) is 9.29. The third-order valence-corrected chi connectivity index (χ3v) is 2.00. The van der Waals surface area contributed by atoms with Gasteiger partial charge in [-0.25, -0.2) is 4.79 Å². The van der Waals surface area contributed by atoms with E-state index >= 15 is 0 Å². The van der Waals surface area contributed by atoms with E-state index in [-0.39, 0.29) is 12.8 Å². The Kier molecular flexibility index (Phi) is 5.08. The van der Waals surface area contributed by atoms with Crippen LogP contribution in [0.5, 0.6) is 0 Å². The van der Waals surface area contributed by atoms with Crippen LogP contribution in [0, 0.1) is 0 Å². The van der Waals surface area contributed by atoms with E-state index in [1.807, 2.05) is 13.8 Å². The molecule has 2 N–H and O–H groups in total. The second kappa shape index (κ2) is 6.35. The number of carbonyl (C=O) groups excluding carboxylic acids is 1. The zero-order chi connectivity index (χ0) is 12.0. The van der Waals surface area contributed by atoms with Crippen molar-refractivity contribution < 1.29 is 9.53 Å². The highest BCUT2D eigenvalue weighted by molar-refractivity contribution is 6.30.